The van der Waals surface area contributed by atoms with Crippen molar-refractivity contribution in [3.05, 3.63) is 65.7 Å². The van der Waals surface area contributed by atoms with Crippen molar-refractivity contribution in [3.8, 4) is 11.8 Å². The Morgan fingerprint density at radius 1 is 1.11 bits per heavy atom. The minimum Gasteiger partial charge on any atom is -0.507 e. The molecule has 2 unspecified atom stereocenters. The van der Waals surface area contributed by atoms with Gasteiger partial charge in [0.2, 0.25) is 0 Å². The SMILES string of the molecule is CC1CCCC(C)N1C(=O)COc1ccc(C(=O)OC/C(O)=C(\C#N)c2nc3ccccc3[nH]2)cc1. The summed E-state index contributed by atoms with van der Waals surface area (Å²) in [7, 11) is 0. The number of hydrogen-bond acceptors (Lipinski definition) is 7. The van der Waals surface area contributed by atoms with E-state index in [2.05, 4.69) is 23.8 Å². The lowest BCUT2D eigenvalue weighted by atomic mass is 9.97. The van der Waals surface area contributed by atoms with Gasteiger partial charge in [-0.25, -0.2) is 9.78 Å². The van der Waals surface area contributed by atoms with E-state index in [-0.39, 0.29) is 41.6 Å². The van der Waals surface area contributed by atoms with Gasteiger partial charge < -0.3 is 24.5 Å². The van der Waals surface area contributed by atoms with Gasteiger partial charge in [-0.15, -0.1) is 0 Å². The first-order valence-corrected chi connectivity index (χ1v) is 11.9. The third-order valence-corrected chi connectivity index (χ3v) is 6.30. The van der Waals surface area contributed by atoms with Gasteiger partial charge in [-0.05, 0) is 69.5 Å². The Hall–Kier alpha value is -4.32. The number of hydrogen-bond donors (Lipinski definition) is 2. The van der Waals surface area contributed by atoms with Gasteiger partial charge in [0.25, 0.3) is 5.91 Å². The predicted molar refractivity (Wildman–Crippen MR) is 133 cm³/mol. The molecule has 1 aliphatic rings. The van der Waals surface area contributed by atoms with Crippen molar-refractivity contribution >= 4 is 28.5 Å². The number of aromatic nitrogens is 2. The lowest BCUT2D eigenvalue weighted by molar-refractivity contribution is -0.139. The van der Waals surface area contributed by atoms with E-state index in [1.54, 1.807) is 24.3 Å². The minimum atomic E-state index is -0.679. The first-order valence-electron chi connectivity index (χ1n) is 11.9. The van der Waals surface area contributed by atoms with Gasteiger partial charge in [-0.3, -0.25) is 4.79 Å². The van der Waals surface area contributed by atoms with Crippen LogP contribution < -0.4 is 4.74 Å². The molecule has 9 nitrogen and oxygen atoms in total. The van der Waals surface area contributed by atoms with Crippen LogP contribution in [0.3, 0.4) is 0 Å². The third-order valence-electron chi connectivity index (χ3n) is 6.30. The molecule has 9 heteroatoms. The van der Waals surface area contributed by atoms with Gasteiger partial charge in [0.15, 0.2) is 18.2 Å². The molecule has 0 aliphatic carbocycles. The highest BCUT2D eigenvalue weighted by molar-refractivity contribution is 5.90. The molecule has 0 spiro atoms. The zero-order valence-corrected chi connectivity index (χ0v) is 20.2. The zero-order valence-electron chi connectivity index (χ0n) is 20.2. The quantitative estimate of drug-likeness (QED) is 0.287. The van der Waals surface area contributed by atoms with E-state index in [1.807, 2.05) is 23.1 Å². The Bertz CT molecular complexity index is 1280. The number of rotatable bonds is 7. The Morgan fingerprint density at radius 2 is 1.81 bits per heavy atom. The fraction of sp³-hybridized carbons (Fsp3) is 0.333. The van der Waals surface area contributed by atoms with Gasteiger partial charge in [0.05, 0.1) is 16.6 Å². The van der Waals surface area contributed by atoms with Crippen LogP contribution in [0, 0.1) is 11.3 Å². The van der Waals surface area contributed by atoms with Crippen LogP contribution in [-0.4, -0.2) is 57.1 Å². The van der Waals surface area contributed by atoms with E-state index >= 15 is 0 Å². The normalized spacial score (nSPS) is 18.3. The molecule has 2 aromatic carbocycles. The number of aliphatic hydroxyl groups is 1. The molecular formula is C27H28N4O5. The average molecular weight is 489 g/mol. The maximum absolute atomic E-state index is 12.6. The number of aromatic amines is 1. The first kappa shape index (κ1) is 24.8. The average Bonchev–Trinajstić information content (AvgIpc) is 3.30. The third kappa shape index (κ3) is 5.49. The van der Waals surface area contributed by atoms with Crippen LogP contribution in [-0.2, 0) is 9.53 Å². The van der Waals surface area contributed by atoms with E-state index in [4.69, 9.17) is 9.47 Å². The summed E-state index contributed by atoms with van der Waals surface area (Å²) in [6.45, 7) is 3.54. The summed E-state index contributed by atoms with van der Waals surface area (Å²) in [6, 6.07) is 15.7. The summed E-state index contributed by atoms with van der Waals surface area (Å²) >= 11 is 0. The predicted octanol–water partition coefficient (Wildman–Crippen LogP) is 4.38. The van der Waals surface area contributed by atoms with Crippen LogP contribution in [0.1, 0.15) is 49.3 Å². The monoisotopic (exact) mass is 488 g/mol. The number of esters is 1. The molecule has 1 aromatic heterocycles. The van der Waals surface area contributed by atoms with Crippen molar-refractivity contribution in [1.29, 1.82) is 5.26 Å². The number of imidazole rings is 1. The molecule has 1 fully saturated rings. The molecule has 4 rings (SSSR count). The molecular weight excluding hydrogens is 460 g/mol. The van der Waals surface area contributed by atoms with Crippen molar-refractivity contribution in [2.45, 2.75) is 45.2 Å². The highest BCUT2D eigenvalue weighted by Crippen LogP contribution is 2.23. The van der Waals surface area contributed by atoms with Crippen LogP contribution in [0.25, 0.3) is 16.6 Å². The van der Waals surface area contributed by atoms with Gasteiger partial charge in [-0.1, -0.05) is 12.1 Å². The Morgan fingerprint density at radius 3 is 2.47 bits per heavy atom. The lowest BCUT2D eigenvalue weighted by Gasteiger charge is -2.38. The Balaban J connectivity index is 1.33. The molecule has 0 radical (unpaired) electrons. The van der Waals surface area contributed by atoms with Crippen LogP contribution in [0.15, 0.2) is 54.3 Å². The molecule has 1 amide bonds. The molecule has 3 aromatic rings. The van der Waals surface area contributed by atoms with Crippen molar-refractivity contribution in [2.75, 3.05) is 13.2 Å². The zero-order chi connectivity index (χ0) is 25.7. The van der Waals surface area contributed by atoms with Crippen LogP contribution >= 0.6 is 0 Å². The van der Waals surface area contributed by atoms with Gasteiger partial charge in [0, 0.05) is 12.1 Å². The standard InChI is InChI=1S/C27H28N4O5/c1-17-6-5-7-18(2)31(17)25(33)16-35-20-12-10-19(11-13-20)27(34)36-15-24(32)21(14-28)26-29-22-8-3-4-9-23(22)30-26/h3-4,8-13,17-18,32H,5-7,15-16H2,1-2H3,(H,29,30)/b24-21-. The number of allylic oxidation sites excluding steroid dienone is 1. The van der Waals surface area contributed by atoms with E-state index in [1.165, 1.54) is 12.1 Å². The molecule has 2 N–H and O–H groups in total. The van der Waals surface area contributed by atoms with Gasteiger partial charge in [-0.2, -0.15) is 5.26 Å². The maximum atomic E-state index is 12.6. The maximum Gasteiger partial charge on any atom is 0.338 e. The second-order valence-corrected chi connectivity index (χ2v) is 8.86. The second-order valence-electron chi connectivity index (χ2n) is 8.86. The van der Waals surface area contributed by atoms with E-state index < -0.39 is 18.3 Å². The summed E-state index contributed by atoms with van der Waals surface area (Å²) in [4.78, 5) is 34.2. The topological polar surface area (TPSA) is 129 Å². The number of carbonyl (C=O) groups is 2. The number of nitriles is 1. The summed E-state index contributed by atoms with van der Waals surface area (Å²) in [5, 5.41) is 19.8. The number of para-hydroxylation sites is 2. The number of ether oxygens (including phenoxy) is 2. The van der Waals surface area contributed by atoms with E-state index in [9.17, 15) is 20.0 Å². The number of carbonyl (C=O) groups excluding carboxylic acids is 2. The molecule has 2 atom stereocenters. The Kier molecular flexibility index (Phi) is 7.54. The lowest BCUT2D eigenvalue weighted by Crippen LogP contribution is -2.49. The van der Waals surface area contributed by atoms with Crippen molar-refractivity contribution in [1.82, 2.24) is 14.9 Å². The number of H-pyrrole nitrogens is 1. The molecule has 0 bridgehead atoms. The largest absolute Gasteiger partial charge is 0.507 e. The summed E-state index contributed by atoms with van der Waals surface area (Å²) in [6.07, 6.45) is 3.10. The number of piperidine rings is 1. The smallest absolute Gasteiger partial charge is 0.338 e. The number of fused-ring (bicyclic) bond motifs is 1. The molecule has 36 heavy (non-hydrogen) atoms. The molecule has 1 saturated heterocycles. The molecule has 1 aliphatic heterocycles. The number of nitrogens with one attached hydrogen (secondary N) is 1. The fourth-order valence-electron chi connectivity index (χ4n) is 4.43. The number of benzene rings is 2. The molecule has 186 valence electrons. The highest BCUT2D eigenvalue weighted by Gasteiger charge is 2.29. The number of aliphatic hydroxyl groups excluding tert-OH is 1. The summed E-state index contributed by atoms with van der Waals surface area (Å²) in [5.41, 5.74) is 1.50. The van der Waals surface area contributed by atoms with Crippen molar-refractivity contribution in [2.24, 2.45) is 0 Å². The van der Waals surface area contributed by atoms with Crippen LogP contribution in [0.4, 0.5) is 0 Å². The number of amides is 1. The first-order chi connectivity index (χ1) is 17.4. The van der Waals surface area contributed by atoms with Gasteiger partial charge in [0.1, 0.15) is 24.0 Å². The van der Waals surface area contributed by atoms with Crippen LogP contribution in [0.5, 0.6) is 5.75 Å². The molecule has 2 heterocycles. The summed E-state index contributed by atoms with van der Waals surface area (Å²) in [5.74, 6) is -0.502. The minimum absolute atomic E-state index is 0.0572. The van der Waals surface area contributed by atoms with Gasteiger partial charge >= 0.3 is 5.97 Å². The van der Waals surface area contributed by atoms with Crippen LogP contribution in [0.2, 0.25) is 0 Å². The fourth-order valence-corrected chi connectivity index (χ4v) is 4.43. The number of nitrogens with zero attached hydrogens (tertiary/aromatic N) is 3. The van der Waals surface area contributed by atoms with Crippen molar-refractivity contribution < 1.29 is 24.2 Å². The molecule has 0 saturated carbocycles. The number of likely N-dealkylation sites (tertiary alicyclic amines) is 1. The second kappa shape index (κ2) is 11.0. The Labute approximate surface area is 209 Å². The highest BCUT2D eigenvalue weighted by atomic mass is 16.5. The van der Waals surface area contributed by atoms with Crippen molar-refractivity contribution in [3.63, 3.8) is 0 Å². The van der Waals surface area contributed by atoms with E-state index in [0.29, 0.717) is 16.8 Å². The summed E-state index contributed by atoms with van der Waals surface area (Å²) < 4.78 is 10.8. The van der Waals surface area contributed by atoms with E-state index in [0.717, 1.165) is 19.3 Å².